The number of likely N-dealkylation sites (tertiary alicyclic amines) is 1. The number of carbonyl (C=O) groups is 3. The van der Waals surface area contributed by atoms with E-state index in [4.69, 9.17) is 16.3 Å². The molecule has 10 heteroatoms. The van der Waals surface area contributed by atoms with Gasteiger partial charge in [0.15, 0.2) is 5.78 Å². The van der Waals surface area contributed by atoms with Gasteiger partial charge in [0, 0.05) is 12.1 Å². The summed E-state index contributed by atoms with van der Waals surface area (Å²) in [5, 5.41) is 2.50. The molecule has 2 amide bonds. The summed E-state index contributed by atoms with van der Waals surface area (Å²) in [6.45, 7) is 0.187. The molecule has 1 aliphatic carbocycles. The summed E-state index contributed by atoms with van der Waals surface area (Å²) in [6.07, 6.45) is 4.30. The highest BCUT2D eigenvalue weighted by molar-refractivity contribution is 7.16. The van der Waals surface area contributed by atoms with Crippen molar-refractivity contribution in [2.24, 2.45) is 5.92 Å². The summed E-state index contributed by atoms with van der Waals surface area (Å²) >= 11 is 7.42. The Kier molecular flexibility index (Phi) is 5.81. The van der Waals surface area contributed by atoms with E-state index in [2.05, 4.69) is 10.3 Å². The van der Waals surface area contributed by atoms with Crippen LogP contribution in [0, 0.1) is 5.92 Å². The standard InChI is InChI=1S/C22H24ClN3O5S/c23-13-9-26(18-15(27)10-31-19(13)18)21(29)17(11-4-2-1-3-5-11)25-20(28)12-6-7-14-16(8-12)32-22(30)24-14/h6-8,11,13,17-19H,1-5,9-10H2,(H,24,30)(H,25,28)/t13-,17-,18+,19+/m0/s1. The SMILES string of the molecule is O=C(N[C@H](C(=O)N1C[C@H](Cl)[C@H]2OCC(=O)[C@H]21)C1CCCCC1)c1ccc2[nH]c(=O)sc2c1. The second-order valence-electron chi connectivity index (χ2n) is 8.77. The molecule has 0 bridgehead atoms. The summed E-state index contributed by atoms with van der Waals surface area (Å²) < 4.78 is 6.19. The number of carbonyl (C=O) groups excluding carboxylic acids is 3. The van der Waals surface area contributed by atoms with Crippen molar-refractivity contribution in [1.29, 1.82) is 0 Å². The maximum absolute atomic E-state index is 13.7. The van der Waals surface area contributed by atoms with Crippen molar-refractivity contribution in [2.75, 3.05) is 13.2 Å². The van der Waals surface area contributed by atoms with Gasteiger partial charge >= 0.3 is 4.87 Å². The number of aromatic nitrogens is 1. The first-order chi connectivity index (χ1) is 15.4. The molecule has 4 atom stereocenters. The van der Waals surface area contributed by atoms with Gasteiger partial charge in [0.2, 0.25) is 5.91 Å². The van der Waals surface area contributed by atoms with E-state index in [9.17, 15) is 19.2 Å². The number of rotatable bonds is 4. The van der Waals surface area contributed by atoms with Gasteiger partial charge < -0.3 is 19.9 Å². The number of hydrogen-bond acceptors (Lipinski definition) is 6. The van der Waals surface area contributed by atoms with Crippen LogP contribution in [0.4, 0.5) is 0 Å². The van der Waals surface area contributed by atoms with E-state index in [0.717, 1.165) is 43.4 Å². The Morgan fingerprint density at radius 3 is 2.78 bits per heavy atom. The van der Waals surface area contributed by atoms with Gasteiger partial charge in [0.25, 0.3) is 5.91 Å². The number of hydrogen-bond donors (Lipinski definition) is 2. The number of thiazole rings is 1. The average molecular weight is 478 g/mol. The lowest BCUT2D eigenvalue weighted by atomic mass is 9.83. The fraction of sp³-hybridized carbons (Fsp3) is 0.545. The Morgan fingerprint density at radius 1 is 1.22 bits per heavy atom. The first-order valence-electron chi connectivity index (χ1n) is 10.9. The number of fused-ring (bicyclic) bond motifs is 2. The van der Waals surface area contributed by atoms with Crippen molar-refractivity contribution in [1.82, 2.24) is 15.2 Å². The monoisotopic (exact) mass is 477 g/mol. The number of halogens is 1. The highest BCUT2D eigenvalue weighted by Gasteiger charge is 2.53. The fourth-order valence-corrected chi connectivity index (χ4v) is 6.30. The number of alkyl halides is 1. The van der Waals surface area contributed by atoms with Crippen molar-refractivity contribution < 1.29 is 19.1 Å². The molecule has 8 nitrogen and oxygen atoms in total. The second kappa shape index (κ2) is 8.61. The Labute approximate surface area is 193 Å². The lowest BCUT2D eigenvalue weighted by molar-refractivity contribution is -0.139. The number of ketones is 1. The number of benzene rings is 1. The van der Waals surface area contributed by atoms with Gasteiger partial charge in [-0.15, -0.1) is 11.6 Å². The molecule has 3 aliphatic rings. The van der Waals surface area contributed by atoms with Gasteiger partial charge in [0.1, 0.15) is 24.8 Å². The van der Waals surface area contributed by atoms with Crippen LogP contribution in [0.5, 0.6) is 0 Å². The fourth-order valence-electron chi connectivity index (χ4n) is 5.16. The lowest BCUT2D eigenvalue weighted by Gasteiger charge is -2.34. The maximum Gasteiger partial charge on any atom is 0.305 e. The topological polar surface area (TPSA) is 109 Å². The summed E-state index contributed by atoms with van der Waals surface area (Å²) in [4.78, 5) is 54.8. The number of aromatic amines is 1. The van der Waals surface area contributed by atoms with E-state index in [1.54, 1.807) is 18.2 Å². The molecule has 2 N–H and O–H groups in total. The predicted octanol–water partition coefficient (Wildman–Crippen LogP) is 2.05. The highest BCUT2D eigenvalue weighted by atomic mass is 35.5. The van der Waals surface area contributed by atoms with Gasteiger partial charge in [-0.25, -0.2) is 0 Å². The molecule has 1 aromatic carbocycles. The lowest BCUT2D eigenvalue weighted by Crippen LogP contribution is -2.55. The maximum atomic E-state index is 13.7. The number of amides is 2. The molecule has 2 aliphatic heterocycles. The number of nitrogens with one attached hydrogen (secondary N) is 2. The normalized spacial score (nSPS) is 27.0. The minimum atomic E-state index is -0.737. The van der Waals surface area contributed by atoms with Crippen LogP contribution >= 0.6 is 22.9 Å². The Hall–Kier alpha value is -2.23. The first-order valence-corrected chi connectivity index (χ1v) is 12.2. The number of nitrogens with zero attached hydrogens (tertiary/aromatic N) is 1. The summed E-state index contributed by atoms with van der Waals surface area (Å²) in [7, 11) is 0. The molecular formula is C22H24ClN3O5S. The minimum Gasteiger partial charge on any atom is -0.366 e. The summed E-state index contributed by atoms with van der Waals surface area (Å²) in [5.74, 6) is -0.788. The molecule has 170 valence electrons. The van der Waals surface area contributed by atoms with E-state index >= 15 is 0 Å². The molecule has 3 heterocycles. The van der Waals surface area contributed by atoms with Gasteiger partial charge in [-0.05, 0) is 37.0 Å². The van der Waals surface area contributed by atoms with E-state index in [0.29, 0.717) is 15.8 Å². The van der Waals surface area contributed by atoms with E-state index in [-0.39, 0.29) is 41.5 Å². The average Bonchev–Trinajstić information content (AvgIpc) is 3.46. The van der Waals surface area contributed by atoms with Crippen LogP contribution in [0.3, 0.4) is 0 Å². The molecule has 2 aromatic rings. The van der Waals surface area contributed by atoms with Gasteiger partial charge in [0.05, 0.1) is 15.6 Å². The quantitative estimate of drug-likeness (QED) is 0.655. The van der Waals surface area contributed by atoms with E-state index < -0.39 is 23.6 Å². The third kappa shape index (κ3) is 3.86. The molecule has 0 spiro atoms. The van der Waals surface area contributed by atoms with Gasteiger partial charge in [-0.3, -0.25) is 19.2 Å². The zero-order chi connectivity index (χ0) is 22.4. The smallest absolute Gasteiger partial charge is 0.305 e. The summed E-state index contributed by atoms with van der Waals surface area (Å²) in [6, 6.07) is 3.57. The zero-order valence-electron chi connectivity index (χ0n) is 17.3. The second-order valence-corrected chi connectivity index (χ2v) is 10.3. The molecule has 1 saturated carbocycles. The van der Waals surface area contributed by atoms with Crippen molar-refractivity contribution in [2.45, 2.75) is 55.7 Å². The van der Waals surface area contributed by atoms with Crippen LogP contribution in [0.2, 0.25) is 0 Å². The predicted molar refractivity (Wildman–Crippen MR) is 120 cm³/mol. The van der Waals surface area contributed by atoms with E-state index in [1.807, 2.05) is 0 Å². The van der Waals surface area contributed by atoms with E-state index in [1.165, 1.54) is 4.90 Å². The molecule has 1 aromatic heterocycles. The Morgan fingerprint density at radius 2 is 2.00 bits per heavy atom. The van der Waals surface area contributed by atoms with Crippen LogP contribution in [-0.4, -0.2) is 64.2 Å². The van der Waals surface area contributed by atoms with Crippen molar-refractivity contribution in [3.8, 4) is 0 Å². The molecular weight excluding hydrogens is 454 g/mol. The third-order valence-electron chi connectivity index (χ3n) is 6.76. The Balaban J connectivity index is 1.41. The molecule has 2 saturated heterocycles. The largest absolute Gasteiger partial charge is 0.366 e. The van der Waals surface area contributed by atoms with Crippen LogP contribution in [0.25, 0.3) is 10.2 Å². The molecule has 3 fully saturated rings. The first kappa shape index (κ1) is 21.6. The molecule has 5 rings (SSSR count). The van der Waals surface area contributed by atoms with Crippen LogP contribution in [0.1, 0.15) is 42.5 Å². The molecule has 0 radical (unpaired) electrons. The van der Waals surface area contributed by atoms with Crippen LogP contribution in [0.15, 0.2) is 23.0 Å². The Bertz CT molecular complexity index is 1120. The number of ether oxygens (including phenoxy) is 1. The zero-order valence-corrected chi connectivity index (χ0v) is 18.9. The molecule has 32 heavy (non-hydrogen) atoms. The van der Waals surface area contributed by atoms with Crippen LogP contribution < -0.4 is 10.2 Å². The van der Waals surface area contributed by atoms with Crippen molar-refractivity contribution in [3.05, 3.63) is 33.4 Å². The number of Topliss-reactive ketones (excluding diaryl/α,β-unsaturated/α-hetero) is 1. The van der Waals surface area contributed by atoms with Crippen molar-refractivity contribution in [3.63, 3.8) is 0 Å². The van der Waals surface area contributed by atoms with Gasteiger partial charge in [-0.2, -0.15) is 0 Å². The molecule has 0 unspecified atom stereocenters. The van der Waals surface area contributed by atoms with Crippen molar-refractivity contribution >= 4 is 50.8 Å². The van der Waals surface area contributed by atoms with Crippen LogP contribution in [-0.2, 0) is 14.3 Å². The minimum absolute atomic E-state index is 0.00232. The summed E-state index contributed by atoms with van der Waals surface area (Å²) in [5.41, 5.74) is 1.06. The number of H-pyrrole nitrogens is 1. The highest BCUT2D eigenvalue weighted by Crippen LogP contribution is 2.34. The van der Waals surface area contributed by atoms with Gasteiger partial charge in [-0.1, -0.05) is 30.6 Å². The third-order valence-corrected chi connectivity index (χ3v) is 7.99.